The van der Waals surface area contributed by atoms with E-state index in [9.17, 15) is 4.79 Å². The van der Waals surface area contributed by atoms with E-state index in [0.717, 1.165) is 32.4 Å². The average molecular weight is 229 g/mol. The number of carbonyl (C=O) groups is 1. The normalized spacial score (nSPS) is 20.2. The van der Waals surface area contributed by atoms with Gasteiger partial charge in [-0.05, 0) is 37.7 Å². The third kappa shape index (κ3) is 2.36. The molecule has 1 aromatic carbocycles. The SMILES string of the molecule is Cc1cccc(CC2CN(C(=O)C3CC3)C2)c1. The molecule has 1 aliphatic heterocycles. The van der Waals surface area contributed by atoms with Gasteiger partial charge in [0.15, 0.2) is 0 Å². The molecule has 2 aliphatic rings. The molecule has 1 aliphatic carbocycles. The maximum Gasteiger partial charge on any atom is 0.225 e. The van der Waals surface area contributed by atoms with Crippen LogP contribution in [0, 0.1) is 18.8 Å². The fraction of sp³-hybridized carbons (Fsp3) is 0.533. The molecule has 2 fully saturated rings. The highest BCUT2D eigenvalue weighted by atomic mass is 16.2. The Balaban J connectivity index is 1.51. The summed E-state index contributed by atoms with van der Waals surface area (Å²) in [5, 5.41) is 0. The number of amides is 1. The van der Waals surface area contributed by atoms with Crippen molar-refractivity contribution in [3.05, 3.63) is 35.4 Å². The summed E-state index contributed by atoms with van der Waals surface area (Å²) in [5.41, 5.74) is 2.74. The molecule has 3 rings (SSSR count). The second-order valence-corrected chi connectivity index (χ2v) is 5.58. The molecule has 17 heavy (non-hydrogen) atoms. The number of aryl methyl sites for hydroxylation is 1. The van der Waals surface area contributed by atoms with Crippen LogP contribution in [0.15, 0.2) is 24.3 Å². The highest BCUT2D eigenvalue weighted by Gasteiger charge is 2.38. The van der Waals surface area contributed by atoms with Crippen molar-refractivity contribution >= 4 is 5.91 Å². The van der Waals surface area contributed by atoms with Crippen LogP contribution in [0.1, 0.15) is 24.0 Å². The predicted octanol–water partition coefficient (Wildman–Crippen LogP) is 2.41. The van der Waals surface area contributed by atoms with Crippen LogP contribution in [0.2, 0.25) is 0 Å². The Morgan fingerprint density at radius 3 is 2.76 bits per heavy atom. The van der Waals surface area contributed by atoms with Crippen LogP contribution in [0.4, 0.5) is 0 Å². The third-order valence-electron chi connectivity index (χ3n) is 3.80. The summed E-state index contributed by atoms with van der Waals surface area (Å²) in [4.78, 5) is 13.8. The highest BCUT2D eigenvalue weighted by molar-refractivity contribution is 5.81. The largest absolute Gasteiger partial charge is 0.342 e. The lowest BCUT2D eigenvalue weighted by Crippen LogP contribution is -2.51. The molecule has 1 saturated carbocycles. The quantitative estimate of drug-likeness (QED) is 0.779. The molecule has 0 aromatic heterocycles. The maximum absolute atomic E-state index is 11.8. The van der Waals surface area contributed by atoms with Crippen LogP contribution in [-0.4, -0.2) is 23.9 Å². The smallest absolute Gasteiger partial charge is 0.225 e. The molecule has 0 radical (unpaired) electrons. The Kier molecular flexibility index (Phi) is 2.65. The minimum absolute atomic E-state index is 0.384. The van der Waals surface area contributed by atoms with Gasteiger partial charge in [-0.1, -0.05) is 29.8 Å². The zero-order valence-corrected chi connectivity index (χ0v) is 10.4. The lowest BCUT2D eigenvalue weighted by molar-refractivity contribution is -0.138. The summed E-state index contributed by atoms with van der Waals surface area (Å²) >= 11 is 0. The summed E-state index contributed by atoms with van der Waals surface area (Å²) in [5.74, 6) is 1.47. The average Bonchev–Trinajstić information content (AvgIpc) is 3.05. The van der Waals surface area contributed by atoms with Gasteiger partial charge >= 0.3 is 0 Å². The Hall–Kier alpha value is -1.31. The second-order valence-electron chi connectivity index (χ2n) is 5.58. The molecule has 1 aromatic rings. The van der Waals surface area contributed by atoms with Crippen molar-refractivity contribution < 1.29 is 4.79 Å². The minimum atomic E-state index is 0.384. The van der Waals surface area contributed by atoms with Crippen molar-refractivity contribution in [3.8, 4) is 0 Å². The molecule has 1 heterocycles. The Labute approximate surface area is 103 Å². The molecule has 0 N–H and O–H groups in total. The summed E-state index contributed by atoms with van der Waals surface area (Å²) in [7, 11) is 0. The van der Waals surface area contributed by atoms with Crippen molar-refractivity contribution in [2.45, 2.75) is 26.2 Å². The lowest BCUT2D eigenvalue weighted by Gasteiger charge is -2.39. The first-order valence-electron chi connectivity index (χ1n) is 6.57. The molecule has 0 bridgehead atoms. The van der Waals surface area contributed by atoms with Gasteiger partial charge in [-0.2, -0.15) is 0 Å². The minimum Gasteiger partial charge on any atom is -0.342 e. The number of carbonyl (C=O) groups excluding carboxylic acids is 1. The van der Waals surface area contributed by atoms with Gasteiger partial charge < -0.3 is 4.90 Å². The monoisotopic (exact) mass is 229 g/mol. The zero-order valence-electron chi connectivity index (χ0n) is 10.4. The second kappa shape index (κ2) is 4.17. The van der Waals surface area contributed by atoms with Crippen LogP contribution >= 0.6 is 0 Å². The predicted molar refractivity (Wildman–Crippen MR) is 67.7 cm³/mol. The van der Waals surface area contributed by atoms with Gasteiger partial charge in [-0.25, -0.2) is 0 Å². The lowest BCUT2D eigenvalue weighted by atomic mass is 9.91. The van der Waals surface area contributed by atoms with Crippen molar-refractivity contribution in [2.24, 2.45) is 11.8 Å². The molecule has 2 nitrogen and oxygen atoms in total. The highest BCUT2D eigenvalue weighted by Crippen LogP contribution is 2.33. The molecule has 2 heteroatoms. The van der Waals surface area contributed by atoms with Gasteiger partial charge in [0, 0.05) is 19.0 Å². The molecule has 90 valence electrons. The van der Waals surface area contributed by atoms with Crippen LogP contribution in [-0.2, 0) is 11.2 Å². The van der Waals surface area contributed by atoms with E-state index in [0.29, 0.717) is 17.7 Å². The number of nitrogens with zero attached hydrogens (tertiary/aromatic N) is 1. The molecule has 1 saturated heterocycles. The topological polar surface area (TPSA) is 20.3 Å². The fourth-order valence-corrected chi connectivity index (χ4v) is 2.64. The van der Waals surface area contributed by atoms with E-state index < -0.39 is 0 Å². The number of hydrogen-bond donors (Lipinski definition) is 0. The van der Waals surface area contributed by atoms with Crippen LogP contribution in [0.25, 0.3) is 0 Å². The zero-order chi connectivity index (χ0) is 11.8. The third-order valence-corrected chi connectivity index (χ3v) is 3.80. The standard InChI is InChI=1S/C15H19NO/c1-11-3-2-4-12(7-11)8-13-9-16(10-13)15(17)14-5-6-14/h2-4,7,13-14H,5-6,8-10H2,1H3. The van der Waals surface area contributed by atoms with Gasteiger partial charge in [-0.3, -0.25) is 4.79 Å². The number of rotatable bonds is 3. The van der Waals surface area contributed by atoms with Crippen LogP contribution in [0.3, 0.4) is 0 Å². The van der Waals surface area contributed by atoms with Crippen molar-refractivity contribution in [3.63, 3.8) is 0 Å². The summed E-state index contributed by atoms with van der Waals surface area (Å²) in [6.45, 7) is 4.08. The first-order valence-corrected chi connectivity index (χ1v) is 6.57. The molecule has 1 amide bonds. The van der Waals surface area contributed by atoms with Crippen molar-refractivity contribution in [1.29, 1.82) is 0 Å². The van der Waals surface area contributed by atoms with Gasteiger partial charge in [0.2, 0.25) is 5.91 Å². The Morgan fingerprint density at radius 1 is 1.35 bits per heavy atom. The van der Waals surface area contributed by atoms with Gasteiger partial charge in [0.1, 0.15) is 0 Å². The van der Waals surface area contributed by atoms with Gasteiger partial charge in [0.05, 0.1) is 0 Å². The molecular weight excluding hydrogens is 210 g/mol. The van der Waals surface area contributed by atoms with Gasteiger partial charge in [0.25, 0.3) is 0 Å². The van der Waals surface area contributed by atoms with Gasteiger partial charge in [-0.15, -0.1) is 0 Å². The Morgan fingerprint density at radius 2 is 2.12 bits per heavy atom. The number of hydrogen-bond acceptors (Lipinski definition) is 1. The Bertz CT molecular complexity index is 430. The van der Waals surface area contributed by atoms with Crippen LogP contribution in [0.5, 0.6) is 0 Å². The molecule has 0 unspecified atom stereocenters. The van der Waals surface area contributed by atoms with E-state index in [1.807, 2.05) is 4.90 Å². The maximum atomic E-state index is 11.8. The first-order chi connectivity index (χ1) is 8.22. The van der Waals surface area contributed by atoms with E-state index in [1.54, 1.807) is 0 Å². The van der Waals surface area contributed by atoms with Crippen LogP contribution < -0.4 is 0 Å². The number of benzene rings is 1. The summed E-state index contributed by atoms with van der Waals surface area (Å²) in [6.07, 6.45) is 3.37. The fourth-order valence-electron chi connectivity index (χ4n) is 2.64. The summed E-state index contributed by atoms with van der Waals surface area (Å²) < 4.78 is 0. The summed E-state index contributed by atoms with van der Waals surface area (Å²) in [6, 6.07) is 8.70. The molecule has 0 spiro atoms. The van der Waals surface area contributed by atoms with E-state index in [4.69, 9.17) is 0 Å². The number of likely N-dealkylation sites (tertiary alicyclic amines) is 1. The van der Waals surface area contributed by atoms with Crippen molar-refractivity contribution in [1.82, 2.24) is 4.90 Å². The molecule has 0 atom stereocenters. The first kappa shape index (κ1) is 10.8. The van der Waals surface area contributed by atoms with E-state index in [2.05, 4.69) is 31.2 Å². The van der Waals surface area contributed by atoms with E-state index >= 15 is 0 Å². The van der Waals surface area contributed by atoms with E-state index in [-0.39, 0.29) is 0 Å². The molecular formula is C15H19NO. The van der Waals surface area contributed by atoms with Crippen molar-refractivity contribution in [2.75, 3.05) is 13.1 Å². The van der Waals surface area contributed by atoms with E-state index in [1.165, 1.54) is 11.1 Å².